The summed E-state index contributed by atoms with van der Waals surface area (Å²) >= 11 is 18.0. The molecule has 4 rings (SSSR count). The minimum Gasteiger partial charge on any atom is -0.345 e. The van der Waals surface area contributed by atoms with Crippen LogP contribution in [0.2, 0.25) is 10.0 Å². The molecule has 1 amide bonds. The summed E-state index contributed by atoms with van der Waals surface area (Å²) in [6, 6.07) is 9.30. The minimum atomic E-state index is -4.08. The van der Waals surface area contributed by atoms with E-state index in [2.05, 4.69) is 58.5 Å². The Morgan fingerprint density at radius 3 is 2.69 bits per heavy atom. The molecule has 2 atom stereocenters. The number of allylic oxidation sites excluding steroid dienone is 2. The Hall–Kier alpha value is -1.73. The number of carbonyl (C=O) groups is 1. The van der Waals surface area contributed by atoms with Crippen molar-refractivity contribution in [1.29, 1.82) is 0 Å². The van der Waals surface area contributed by atoms with E-state index in [1.165, 1.54) is 18.5 Å². The number of hydrogen-bond donors (Lipinski definition) is 2. The minimum absolute atomic E-state index is 0.0279. The molecule has 182 valence electrons. The van der Waals surface area contributed by atoms with Crippen LogP contribution in [0.4, 0.5) is 0 Å². The van der Waals surface area contributed by atoms with Crippen LogP contribution in [0.3, 0.4) is 0 Å². The van der Waals surface area contributed by atoms with Crippen LogP contribution in [0.25, 0.3) is 11.0 Å². The fraction of sp³-hybridized carbons (Fsp3) is 0.174. The van der Waals surface area contributed by atoms with Gasteiger partial charge in [0.2, 0.25) is 0 Å². The Morgan fingerprint density at radius 2 is 1.94 bits per heavy atom. The molecule has 0 fully saturated rings. The molecule has 0 radical (unpaired) electrons. The summed E-state index contributed by atoms with van der Waals surface area (Å²) in [7, 11) is -4.08. The third-order valence-electron chi connectivity index (χ3n) is 5.26. The van der Waals surface area contributed by atoms with Crippen molar-refractivity contribution in [3.05, 3.63) is 87.8 Å². The fourth-order valence-electron chi connectivity index (χ4n) is 3.60. The maximum absolute atomic E-state index is 13.4. The van der Waals surface area contributed by atoms with Crippen LogP contribution >= 0.6 is 61.7 Å². The van der Waals surface area contributed by atoms with Crippen molar-refractivity contribution >= 4 is 88.7 Å². The normalized spacial score (nSPS) is 19.0. The highest BCUT2D eigenvalue weighted by atomic mass is 127. The van der Waals surface area contributed by atoms with Crippen molar-refractivity contribution in [2.45, 2.75) is 26.6 Å². The standard InChI is InChI=1S/C23H18BrCl2IN4O3S/c1-13(15-6-5-14(25)11-17(15)26)30-22(32)16-7-8-23(24,27)12-19(16)31-35(33,34)20-4-2-3-18-21(20)29-10-9-28-18/h2-11,13,31H,12H2,1H3,(H,30,32)/t13?,23-/m1/s1. The molecule has 1 unspecified atom stereocenters. The molecule has 12 heteroatoms. The first-order valence-electron chi connectivity index (χ1n) is 10.3. The van der Waals surface area contributed by atoms with Crippen molar-refractivity contribution in [3.63, 3.8) is 0 Å². The van der Waals surface area contributed by atoms with Crippen molar-refractivity contribution in [1.82, 2.24) is 20.0 Å². The first-order chi connectivity index (χ1) is 16.5. The van der Waals surface area contributed by atoms with Gasteiger partial charge in [0, 0.05) is 34.6 Å². The van der Waals surface area contributed by atoms with Crippen molar-refractivity contribution in [2.24, 2.45) is 0 Å². The predicted octanol–water partition coefficient (Wildman–Crippen LogP) is 5.83. The molecule has 0 aliphatic heterocycles. The first-order valence-corrected chi connectivity index (χ1v) is 14.4. The summed E-state index contributed by atoms with van der Waals surface area (Å²) in [6.07, 6.45) is 6.53. The van der Waals surface area contributed by atoms with Gasteiger partial charge in [0.1, 0.15) is 12.7 Å². The van der Waals surface area contributed by atoms with Crippen LogP contribution in [0.1, 0.15) is 24.9 Å². The van der Waals surface area contributed by atoms with E-state index in [1.807, 2.05) is 0 Å². The molecule has 1 aliphatic carbocycles. The molecule has 0 saturated carbocycles. The molecule has 1 aliphatic rings. The van der Waals surface area contributed by atoms with E-state index in [0.717, 1.165) is 0 Å². The Balaban J connectivity index is 1.68. The number of halogens is 4. The van der Waals surface area contributed by atoms with Gasteiger partial charge in [-0.25, -0.2) is 8.42 Å². The van der Waals surface area contributed by atoms with Gasteiger partial charge in [0.05, 0.1) is 17.1 Å². The van der Waals surface area contributed by atoms with E-state index in [9.17, 15) is 13.2 Å². The summed E-state index contributed by atoms with van der Waals surface area (Å²) in [5, 5.41) is 3.79. The third kappa shape index (κ3) is 5.99. The van der Waals surface area contributed by atoms with Crippen molar-refractivity contribution in [2.75, 3.05) is 0 Å². The zero-order valence-electron chi connectivity index (χ0n) is 18.1. The second-order valence-corrected chi connectivity index (χ2v) is 15.1. The van der Waals surface area contributed by atoms with Gasteiger partial charge in [0.25, 0.3) is 15.9 Å². The summed E-state index contributed by atoms with van der Waals surface area (Å²) in [5.74, 6) is -0.449. The van der Waals surface area contributed by atoms with Gasteiger partial charge in [-0.05, 0) is 42.8 Å². The zero-order valence-corrected chi connectivity index (χ0v) is 24.2. The number of para-hydroxylation sites is 1. The summed E-state index contributed by atoms with van der Waals surface area (Å²) in [5.41, 5.74) is 1.81. The lowest BCUT2D eigenvalue weighted by atomic mass is 10.0. The predicted molar refractivity (Wildman–Crippen MR) is 149 cm³/mol. The Kier molecular flexibility index (Phi) is 7.77. The van der Waals surface area contributed by atoms with Crippen LogP contribution in [-0.4, -0.2) is 26.6 Å². The van der Waals surface area contributed by atoms with E-state index < -0.39 is 24.3 Å². The monoisotopic (exact) mass is 706 g/mol. The number of nitrogens with one attached hydrogen (secondary N) is 2. The highest BCUT2D eigenvalue weighted by molar-refractivity contribution is 14.1. The van der Waals surface area contributed by atoms with Gasteiger partial charge in [-0.2, -0.15) is 0 Å². The Bertz CT molecular complexity index is 1490. The number of sulfonamides is 1. The van der Waals surface area contributed by atoms with Gasteiger partial charge < -0.3 is 5.32 Å². The number of fused-ring (bicyclic) bond motifs is 1. The lowest BCUT2D eigenvalue weighted by Crippen LogP contribution is -2.35. The summed E-state index contributed by atoms with van der Waals surface area (Å²) < 4.78 is 28.8. The lowest BCUT2D eigenvalue weighted by Gasteiger charge is -2.26. The lowest BCUT2D eigenvalue weighted by molar-refractivity contribution is -0.117. The number of aromatic nitrogens is 2. The summed E-state index contributed by atoms with van der Waals surface area (Å²) in [4.78, 5) is 21.6. The second kappa shape index (κ2) is 10.3. The molecule has 7 nitrogen and oxygen atoms in total. The number of carbonyl (C=O) groups excluding carboxylic acids is 1. The van der Waals surface area contributed by atoms with Crippen LogP contribution in [-0.2, 0) is 14.8 Å². The molecule has 2 aromatic carbocycles. The number of alkyl halides is 2. The largest absolute Gasteiger partial charge is 0.345 e. The van der Waals surface area contributed by atoms with Gasteiger partial charge in [-0.15, -0.1) is 0 Å². The average Bonchev–Trinajstić information content (AvgIpc) is 2.77. The third-order valence-corrected chi connectivity index (χ3v) is 8.53. The smallest absolute Gasteiger partial charge is 0.263 e. The fourth-order valence-corrected chi connectivity index (χ4v) is 6.44. The number of hydrogen-bond acceptors (Lipinski definition) is 5. The molecule has 1 heterocycles. The molecule has 1 aromatic heterocycles. The average molecular weight is 708 g/mol. The number of nitrogens with zero attached hydrogens (tertiary/aromatic N) is 2. The Labute approximate surface area is 234 Å². The van der Waals surface area contributed by atoms with E-state index in [-0.39, 0.29) is 28.1 Å². The molecular formula is C23H18BrCl2IN4O3S. The van der Waals surface area contributed by atoms with E-state index in [4.69, 9.17) is 23.2 Å². The van der Waals surface area contributed by atoms with Crippen molar-refractivity contribution in [3.8, 4) is 0 Å². The first kappa shape index (κ1) is 26.3. The number of rotatable bonds is 6. The quantitative estimate of drug-likeness (QED) is 0.248. The SMILES string of the molecule is CC(NC(=O)C1=C(NS(=O)(=O)c2cccc3nccnc23)C[C@](Br)(I)C=C1)c1ccc(Cl)cc1Cl. The van der Waals surface area contributed by atoms with Crippen LogP contribution < -0.4 is 10.0 Å². The molecule has 0 saturated heterocycles. The molecule has 3 aromatic rings. The van der Waals surface area contributed by atoms with E-state index in [1.54, 1.807) is 49.4 Å². The second-order valence-electron chi connectivity index (χ2n) is 7.81. The molecule has 0 bridgehead atoms. The topological polar surface area (TPSA) is 101 Å². The number of amides is 1. The molecule has 35 heavy (non-hydrogen) atoms. The van der Waals surface area contributed by atoms with Gasteiger partial charge in [-0.3, -0.25) is 19.5 Å². The highest BCUT2D eigenvalue weighted by Gasteiger charge is 2.32. The molecular weight excluding hydrogens is 690 g/mol. The maximum Gasteiger partial charge on any atom is 0.263 e. The highest BCUT2D eigenvalue weighted by Crippen LogP contribution is 2.40. The zero-order chi connectivity index (χ0) is 25.4. The van der Waals surface area contributed by atoms with Crippen LogP contribution in [0.5, 0.6) is 0 Å². The Morgan fingerprint density at radius 1 is 1.20 bits per heavy atom. The van der Waals surface area contributed by atoms with Gasteiger partial charge in [-0.1, -0.05) is 79.9 Å². The van der Waals surface area contributed by atoms with E-state index in [0.29, 0.717) is 21.1 Å². The molecule has 0 spiro atoms. The van der Waals surface area contributed by atoms with Crippen LogP contribution in [0, 0.1) is 0 Å². The van der Waals surface area contributed by atoms with Crippen LogP contribution in [0.15, 0.2) is 77.1 Å². The van der Waals surface area contributed by atoms with Gasteiger partial charge in [0.15, 0.2) is 0 Å². The molecule has 2 N–H and O–H groups in total. The summed E-state index contributed by atoms with van der Waals surface area (Å²) in [6.45, 7) is 1.78. The van der Waals surface area contributed by atoms with E-state index >= 15 is 0 Å². The maximum atomic E-state index is 13.4. The number of benzene rings is 2. The van der Waals surface area contributed by atoms with Crippen molar-refractivity contribution < 1.29 is 13.2 Å². The van der Waals surface area contributed by atoms with Gasteiger partial charge >= 0.3 is 0 Å².